The molecule has 2 aromatic rings. The predicted octanol–water partition coefficient (Wildman–Crippen LogP) is -2.89. The number of unbranched alkanes of at least 4 members (excludes halogenated alkanes) is 2. The number of anilines is 1. The summed E-state index contributed by atoms with van der Waals surface area (Å²) in [5.74, 6) is -0.835. The van der Waals surface area contributed by atoms with Crippen LogP contribution in [0.1, 0.15) is 91.2 Å². The Labute approximate surface area is 493 Å². The van der Waals surface area contributed by atoms with Crippen LogP contribution in [0.3, 0.4) is 0 Å². The molecule has 2 heterocycles. The van der Waals surface area contributed by atoms with Gasteiger partial charge in [0.1, 0.15) is 16.7 Å². The first-order valence-electron chi connectivity index (χ1n) is 18.8. The Bertz CT molecular complexity index is 2430. The first-order chi connectivity index (χ1) is 26.8. The van der Waals surface area contributed by atoms with Gasteiger partial charge >= 0.3 is 154 Å². The summed E-state index contributed by atoms with van der Waals surface area (Å²) in [6.07, 6.45) is 13.1. The van der Waals surface area contributed by atoms with Gasteiger partial charge < -0.3 is 19.3 Å². The number of hydrogen-bond donors (Lipinski definition) is 1. The van der Waals surface area contributed by atoms with Gasteiger partial charge in [0.15, 0.2) is 5.71 Å². The zero-order valence-corrected chi connectivity index (χ0v) is 49.0. The van der Waals surface area contributed by atoms with Crippen molar-refractivity contribution in [1.82, 2.24) is 0 Å². The predicted molar refractivity (Wildman–Crippen MR) is 218 cm³/mol. The van der Waals surface area contributed by atoms with E-state index in [0.29, 0.717) is 42.1 Å². The summed E-state index contributed by atoms with van der Waals surface area (Å²) in [5, 5.41) is 14.1. The number of allylic oxidation sites excluding steroid dienone is 8. The maximum atomic E-state index is 12.0. The van der Waals surface area contributed by atoms with Crippen molar-refractivity contribution < 1.29 is 212 Å². The van der Waals surface area contributed by atoms with E-state index in [9.17, 15) is 44.2 Å². The Balaban J connectivity index is 0.00000427. The van der Waals surface area contributed by atoms with Crippen LogP contribution in [0.4, 0.5) is 11.4 Å². The molecule has 0 amide bonds. The molecular weight excluding hydrogens is 946 g/mol. The molecule has 1 N–H and O–H groups in total. The third-order valence-corrected chi connectivity index (χ3v) is 13.9. The summed E-state index contributed by atoms with van der Waals surface area (Å²) < 4.78 is 108. The van der Waals surface area contributed by atoms with Crippen LogP contribution in [-0.2, 0) is 50.6 Å². The number of hydrogen-bond acceptors (Lipinski definition) is 13. The van der Waals surface area contributed by atoms with Gasteiger partial charge in [-0.15, -0.1) is 0 Å². The van der Waals surface area contributed by atoms with Crippen molar-refractivity contribution >= 4 is 59.5 Å². The number of benzene rings is 2. The van der Waals surface area contributed by atoms with Crippen LogP contribution in [0, 0.1) is 5.41 Å². The van der Waals surface area contributed by atoms with E-state index in [0.717, 1.165) is 58.7 Å². The van der Waals surface area contributed by atoms with Gasteiger partial charge in [0.05, 0.1) is 38.2 Å². The van der Waals surface area contributed by atoms with Gasteiger partial charge in [-0.25, -0.2) is 16.8 Å². The van der Waals surface area contributed by atoms with Crippen LogP contribution in [0.25, 0.3) is 0 Å². The minimum Gasteiger partial charge on any atom is -0.748 e. The third-order valence-electron chi connectivity index (χ3n) is 10.9. The van der Waals surface area contributed by atoms with E-state index < -0.39 is 46.9 Å². The second-order valence-corrected chi connectivity index (χ2v) is 22.0. The normalized spacial score (nSPS) is 19.3. The van der Waals surface area contributed by atoms with E-state index in [4.69, 9.17) is 0 Å². The summed E-state index contributed by atoms with van der Waals surface area (Å²) in [4.78, 5) is 2.50. The fourth-order valence-corrected chi connectivity index (χ4v) is 10.3. The molecule has 0 saturated carbocycles. The maximum Gasteiger partial charge on any atom is 1.00 e. The standard InChI is InChI=1S/C40H52N2O12S4.3K/c1-38(2)26-28(12-11-13-36-39(3,4)33-25-31(58(50,51)52)15-17-35(33)41(36)18-7-9-20-56(44,45)46)22-29(27-38)23-37-40(5,6)32-24-30(55-54-53-43)14-16-34(32)42(37)19-8-10-21-57(47,48)49;;;/h11-17,22-25H,7-10,18-21,26-27H2,1-6H3,(H3-,43,44,45,46,47,48,49,50,51,52);;;/q;3*+1/p-2. The Morgan fingerprint density at radius 1 is 0.852 bits per heavy atom. The van der Waals surface area contributed by atoms with Gasteiger partial charge in [-0.2, -0.15) is 17.3 Å². The van der Waals surface area contributed by atoms with Crippen molar-refractivity contribution in [1.29, 1.82) is 0 Å². The molecular formula is C40H50K3N2O12S4+. The molecule has 318 valence electrons. The summed E-state index contributed by atoms with van der Waals surface area (Å²) in [6, 6.07) is 9.94. The van der Waals surface area contributed by atoms with Gasteiger partial charge in [-0.05, 0) is 104 Å². The van der Waals surface area contributed by atoms with Gasteiger partial charge in [0.2, 0.25) is 5.69 Å². The molecule has 3 aliphatic rings. The summed E-state index contributed by atoms with van der Waals surface area (Å²) in [5.41, 5.74) is 5.84. The number of fused-ring (bicyclic) bond motifs is 2. The number of nitrogens with zero attached hydrogens (tertiary/aromatic N) is 2. The minimum absolute atomic E-state index is 0. The van der Waals surface area contributed by atoms with Crippen LogP contribution in [0.5, 0.6) is 0 Å². The van der Waals surface area contributed by atoms with Crippen molar-refractivity contribution in [2.75, 3.05) is 29.5 Å². The zero-order chi connectivity index (χ0) is 42.9. The van der Waals surface area contributed by atoms with Gasteiger partial charge in [0, 0.05) is 58.1 Å². The van der Waals surface area contributed by atoms with E-state index >= 15 is 0 Å². The summed E-state index contributed by atoms with van der Waals surface area (Å²) in [7, 11) is -13.2. The molecule has 0 spiro atoms. The first kappa shape index (κ1) is 58.9. The molecule has 0 radical (unpaired) electrons. The molecule has 2 aliphatic heterocycles. The van der Waals surface area contributed by atoms with E-state index in [-0.39, 0.29) is 183 Å². The molecule has 0 aromatic heterocycles. The summed E-state index contributed by atoms with van der Waals surface area (Å²) >= 11 is 0.802. The molecule has 1 aliphatic carbocycles. The fourth-order valence-electron chi connectivity index (χ4n) is 8.26. The zero-order valence-electron chi connectivity index (χ0n) is 36.4. The quantitative estimate of drug-likeness (QED) is 0.0321. The van der Waals surface area contributed by atoms with E-state index in [1.807, 2.05) is 54.9 Å². The smallest absolute Gasteiger partial charge is 0.748 e. The second-order valence-electron chi connectivity index (χ2n) is 16.8. The van der Waals surface area contributed by atoms with Gasteiger partial charge in [-0.1, -0.05) is 45.9 Å². The van der Waals surface area contributed by atoms with E-state index in [2.05, 4.69) is 54.1 Å². The molecule has 5 rings (SSSR count). The van der Waals surface area contributed by atoms with Gasteiger partial charge in [-0.3, -0.25) is 9.59 Å². The Kier molecular flexibility index (Phi) is 23.0. The van der Waals surface area contributed by atoms with Crippen LogP contribution in [0.2, 0.25) is 0 Å². The van der Waals surface area contributed by atoms with Crippen molar-refractivity contribution in [3.05, 3.63) is 94.7 Å². The van der Waals surface area contributed by atoms with Gasteiger partial charge in [0.25, 0.3) is 10.1 Å². The van der Waals surface area contributed by atoms with Crippen molar-refractivity contribution in [2.24, 2.45) is 5.41 Å². The van der Waals surface area contributed by atoms with Crippen molar-refractivity contribution in [3.8, 4) is 0 Å². The molecule has 0 saturated heterocycles. The average Bonchev–Trinajstić information content (AvgIpc) is 3.43. The number of rotatable bonds is 17. The van der Waals surface area contributed by atoms with E-state index in [1.54, 1.807) is 6.07 Å². The van der Waals surface area contributed by atoms with Crippen molar-refractivity contribution in [2.45, 2.75) is 101 Å². The second kappa shape index (κ2) is 23.8. The molecule has 61 heavy (non-hydrogen) atoms. The first-order valence-corrected chi connectivity index (χ1v) is 24.2. The molecule has 21 heteroatoms. The van der Waals surface area contributed by atoms with Crippen molar-refractivity contribution in [3.63, 3.8) is 0 Å². The fraction of sp³-hybridized carbons (Fsp3) is 0.475. The molecule has 0 atom stereocenters. The van der Waals surface area contributed by atoms with Crippen LogP contribution in [0.15, 0.2) is 93.4 Å². The Hall–Kier alpha value is 1.74. The molecule has 14 nitrogen and oxygen atoms in total. The largest absolute Gasteiger partial charge is 1.00 e. The molecule has 2 aromatic carbocycles. The van der Waals surface area contributed by atoms with Crippen LogP contribution < -0.4 is 164 Å². The van der Waals surface area contributed by atoms with Crippen LogP contribution in [-0.4, -0.2) is 73.8 Å². The topological polar surface area (TPSA) is 217 Å². The summed E-state index contributed by atoms with van der Waals surface area (Å²) in [6.45, 7) is 13.3. The van der Waals surface area contributed by atoms with E-state index in [1.165, 1.54) is 12.1 Å². The maximum absolute atomic E-state index is 12.0. The molecule has 0 bridgehead atoms. The third kappa shape index (κ3) is 15.9. The molecule has 0 unspecified atom stereocenters. The van der Waals surface area contributed by atoms with Crippen LogP contribution >= 0.6 is 12.0 Å². The SMILES string of the molecule is CC1(C)CC(/C=C2/N(CCCCS(=O)(=O)O)c3ccc(SOO[O-])cc3C2(C)C)=CC(=C\C=C\C2=[N+](CCCCS(=O)(=O)[O-])c3ccc(S(=O)(=O)[O-])cc3C2(C)C)/C1.[K+].[K+].[K+]. The Morgan fingerprint density at radius 2 is 1.52 bits per heavy atom. The monoisotopic (exact) mass is 995 g/mol. The minimum atomic E-state index is -4.72. The molecule has 0 fully saturated rings. The Morgan fingerprint density at radius 3 is 2.15 bits per heavy atom. The average molecular weight is 996 g/mol.